The maximum Gasteiger partial charge on any atom is 0.0931 e. The lowest BCUT2D eigenvalue weighted by Crippen LogP contribution is -2.19. The second-order valence-electron chi connectivity index (χ2n) is 4.04. The lowest BCUT2D eigenvalue weighted by atomic mass is 9.99. The van der Waals surface area contributed by atoms with Crippen LogP contribution in [0.1, 0.15) is 22.7 Å². The highest BCUT2D eigenvalue weighted by molar-refractivity contribution is 7.11. The van der Waals surface area contributed by atoms with E-state index in [0.717, 1.165) is 26.2 Å². The highest BCUT2D eigenvalue weighted by atomic mass is 32.1. The maximum absolute atomic E-state index is 5.47. The number of nitrogens with one attached hydrogen (secondary N) is 1. The van der Waals surface area contributed by atoms with Crippen LogP contribution in [0.5, 0.6) is 0 Å². The van der Waals surface area contributed by atoms with Gasteiger partial charge in [0.25, 0.3) is 0 Å². The first kappa shape index (κ1) is 11.0. The second-order valence-corrected chi connectivity index (χ2v) is 5.24. The minimum absolute atomic E-state index is 0.687. The summed E-state index contributed by atoms with van der Waals surface area (Å²) in [6.45, 7) is 2.79. The highest BCUT2D eigenvalue weighted by Crippen LogP contribution is 2.21. The number of rotatable bonds is 4. The molecule has 1 aliphatic heterocycles. The number of hydrogen-bond acceptors (Lipinski definition) is 4. The van der Waals surface area contributed by atoms with Crippen LogP contribution >= 0.6 is 11.3 Å². The van der Waals surface area contributed by atoms with Gasteiger partial charge in [0.05, 0.1) is 5.01 Å². The molecule has 0 saturated carbocycles. The summed E-state index contributed by atoms with van der Waals surface area (Å²) in [6.07, 6.45) is 5.58. The molecule has 1 fully saturated rings. The molecule has 1 aliphatic rings. The molecular formula is C11H18N2OS. The van der Waals surface area contributed by atoms with Gasteiger partial charge in [-0.1, -0.05) is 0 Å². The topological polar surface area (TPSA) is 34.2 Å². The molecule has 0 spiro atoms. The zero-order valence-corrected chi connectivity index (χ0v) is 9.98. The third kappa shape index (κ3) is 3.26. The molecule has 1 aromatic rings. The van der Waals surface area contributed by atoms with Crippen LogP contribution in [-0.2, 0) is 17.7 Å². The van der Waals surface area contributed by atoms with Crippen molar-refractivity contribution in [3.63, 3.8) is 0 Å². The smallest absolute Gasteiger partial charge is 0.0931 e. The molecule has 0 radical (unpaired) electrons. The second kappa shape index (κ2) is 5.58. The summed E-state index contributed by atoms with van der Waals surface area (Å²) < 4.78 is 5.47. The largest absolute Gasteiger partial charge is 0.381 e. The van der Waals surface area contributed by atoms with Crippen LogP contribution in [0.15, 0.2) is 6.20 Å². The monoisotopic (exact) mass is 226 g/mol. The van der Waals surface area contributed by atoms with Gasteiger partial charge < -0.3 is 10.1 Å². The fourth-order valence-corrected chi connectivity index (χ4v) is 2.96. The number of nitrogens with zero attached hydrogens (tertiary/aromatic N) is 1. The van der Waals surface area contributed by atoms with Gasteiger partial charge in [-0.25, -0.2) is 4.98 Å². The Kier molecular flexibility index (Phi) is 4.11. The summed E-state index contributed by atoms with van der Waals surface area (Å²) in [5, 5.41) is 4.41. The van der Waals surface area contributed by atoms with E-state index in [0.29, 0.717) is 5.92 Å². The van der Waals surface area contributed by atoms with Crippen molar-refractivity contribution in [2.24, 2.45) is 5.92 Å². The molecule has 2 heterocycles. The third-order valence-electron chi connectivity index (χ3n) is 2.67. The summed E-state index contributed by atoms with van der Waals surface area (Å²) >= 11 is 1.82. The molecule has 1 atom stereocenters. The first-order valence-corrected chi connectivity index (χ1v) is 6.36. The maximum atomic E-state index is 5.47. The van der Waals surface area contributed by atoms with Crippen molar-refractivity contribution >= 4 is 11.3 Å². The number of hydrogen-bond donors (Lipinski definition) is 1. The number of thiazole rings is 1. The summed E-state index contributed by atoms with van der Waals surface area (Å²) in [5.41, 5.74) is 0. The molecule has 1 saturated heterocycles. The van der Waals surface area contributed by atoms with Crippen molar-refractivity contribution in [3.8, 4) is 0 Å². The van der Waals surface area contributed by atoms with E-state index >= 15 is 0 Å². The average molecular weight is 226 g/mol. The molecule has 3 nitrogen and oxygen atoms in total. The number of ether oxygens (including phenoxy) is 1. The van der Waals surface area contributed by atoms with Gasteiger partial charge in [0.1, 0.15) is 0 Å². The highest BCUT2D eigenvalue weighted by Gasteiger charge is 2.15. The lowest BCUT2D eigenvalue weighted by molar-refractivity contribution is 0.0550. The Bertz CT molecular complexity index is 295. The fourth-order valence-electron chi connectivity index (χ4n) is 1.91. The SMILES string of the molecule is CNCc1cnc(CC2CCCOC2)s1. The summed E-state index contributed by atoms with van der Waals surface area (Å²) in [7, 11) is 1.97. The Morgan fingerprint density at radius 3 is 3.33 bits per heavy atom. The van der Waals surface area contributed by atoms with Gasteiger partial charge in [0.2, 0.25) is 0 Å². The molecular weight excluding hydrogens is 208 g/mol. The van der Waals surface area contributed by atoms with Crippen molar-refractivity contribution in [2.45, 2.75) is 25.8 Å². The van der Waals surface area contributed by atoms with E-state index in [1.165, 1.54) is 22.7 Å². The van der Waals surface area contributed by atoms with E-state index in [1.807, 2.05) is 24.6 Å². The predicted octanol–water partition coefficient (Wildman–Crippen LogP) is 1.83. The minimum Gasteiger partial charge on any atom is -0.381 e. The van der Waals surface area contributed by atoms with E-state index in [1.54, 1.807) is 0 Å². The van der Waals surface area contributed by atoms with Crippen LogP contribution < -0.4 is 5.32 Å². The van der Waals surface area contributed by atoms with Crippen LogP contribution in [-0.4, -0.2) is 25.2 Å². The van der Waals surface area contributed by atoms with Crippen LogP contribution in [0.4, 0.5) is 0 Å². The molecule has 1 aromatic heterocycles. The van der Waals surface area contributed by atoms with E-state index in [2.05, 4.69) is 10.3 Å². The van der Waals surface area contributed by atoms with Crippen molar-refractivity contribution in [1.29, 1.82) is 0 Å². The van der Waals surface area contributed by atoms with E-state index in [9.17, 15) is 0 Å². The van der Waals surface area contributed by atoms with Crippen LogP contribution in [0.2, 0.25) is 0 Å². The Morgan fingerprint density at radius 1 is 1.67 bits per heavy atom. The first-order chi connectivity index (χ1) is 7.38. The summed E-state index contributed by atoms with van der Waals surface area (Å²) in [6, 6.07) is 0. The van der Waals surface area contributed by atoms with E-state index in [-0.39, 0.29) is 0 Å². The minimum atomic E-state index is 0.687. The summed E-state index contributed by atoms with van der Waals surface area (Å²) in [5.74, 6) is 0.687. The van der Waals surface area contributed by atoms with E-state index in [4.69, 9.17) is 4.74 Å². The van der Waals surface area contributed by atoms with Crippen LogP contribution in [0.25, 0.3) is 0 Å². The van der Waals surface area contributed by atoms with Gasteiger partial charge in [0.15, 0.2) is 0 Å². The Balaban J connectivity index is 1.86. The van der Waals surface area contributed by atoms with Crippen molar-refractivity contribution in [2.75, 3.05) is 20.3 Å². The van der Waals surface area contributed by atoms with Crippen molar-refractivity contribution < 1.29 is 4.74 Å². The molecule has 0 bridgehead atoms. The molecule has 4 heteroatoms. The quantitative estimate of drug-likeness (QED) is 0.850. The molecule has 1 unspecified atom stereocenters. The van der Waals surface area contributed by atoms with Gasteiger partial charge in [-0.15, -0.1) is 11.3 Å². The van der Waals surface area contributed by atoms with Gasteiger partial charge in [-0.2, -0.15) is 0 Å². The van der Waals surface area contributed by atoms with Crippen molar-refractivity contribution in [1.82, 2.24) is 10.3 Å². The molecule has 15 heavy (non-hydrogen) atoms. The van der Waals surface area contributed by atoms with Crippen LogP contribution in [0.3, 0.4) is 0 Å². The molecule has 0 aromatic carbocycles. The summed E-state index contributed by atoms with van der Waals surface area (Å²) in [4.78, 5) is 5.78. The Morgan fingerprint density at radius 2 is 2.60 bits per heavy atom. The van der Waals surface area contributed by atoms with E-state index < -0.39 is 0 Å². The average Bonchev–Trinajstić information content (AvgIpc) is 2.68. The van der Waals surface area contributed by atoms with Gasteiger partial charge in [-0.3, -0.25) is 0 Å². The first-order valence-electron chi connectivity index (χ1n) is 5.54. The Labute approximate surface area is 94.9 Å². The van der Waals surface area contributed by atoms with Crippen LogP contribution in [0, 0.1) is 5.92 Å². The molecule has 84 valence electrons. The standard InChI is InChI=1S/C11H18N2OS/c1-12-6-10-7-13-11(15-10)5-9-3-2-4-14-8-9/h7,9,12H,2-6,8H2,1H3. The van der Waals surface area contributed by atoms with Gasteiger partial charge >= 0.3 is 0 Å². The zero-order valence-electron chi connectivity index (χ0n) is 9.16. The van der Waals surface area contributed by atoms with Gasteiger partial charge in [-0.05, 0) is 25.8 Å². The predicted molar refractivity (Wildman–Crippen MR) is 62.1 cm³/mol. The van der Waals surface area contributed by atoms with Gasteiger partial charge in [0, 0.05) is 37.3 Å². The lowest BCUT2D eigenvalue weighted by Gasteiger charge is -2.20. The molecule has 0 amide bonds. The third-order valence-corrected chi connectivity index (χ3v) is 3.69. The zero-order chi connectivity index (χ0) is 10.5. The fraction of sp³-hybridized carbons (Fsp3) is 0.727. The number of aromatic nitrogens is 1. The van der Waals surface area contributed by atoms with Crippen molar-refractivity contribution in [3.05, 3.63) is 16.1 Å². The normalized spacial score (nSPS) is 21.8. The molecule has 0 aliphatic carbocycles. The molecule has 2 rings (SSSR count). The Hall–Kier alpha value is -0.450. The molecule has 1 N–H and O–H groups in total.